The molecule has 0 spiro atoms. The van der Waals surface area contributed by atoms with Gasteiger partial charge in [-0.2, -0.15) is 0 Å². The highest BCUT2D eigenvalue weighted by Crippen LogP contribution is 2.21. The average molecular weight is 346 g/mol. The molecule has 1 aliphatic heterocycles. The SMILES string of the molecule is CC(C)c1ccc(S(=O)(=O)Nc2ccc(N3CCCC3)nn2)cc1. The molecule has 1 N–H and O–H groups in total. The number of benzene rings is 1. The first-order valence-electron chi connectivity index (χ1n) is 8.17. The minimum absolute atomic E-state index is 0.220. The average Bonchev–Trinajstić information content (AvgIpc) is 3.10. The molecule has 0 unspecified atom stereocenters. The Morgan fingerprint density at radius 2 is 1.67 bits per heavy atom. The van der Waals surface area contributed by atoms with E-state index in [4.69, 9.17) is 0 Å². The lowest BCUT2D eigenvalue weighted by Crippen LogP contribution is -2.20. The molecule has 6 nitrogen and oxygen atoms in total. The molecule has 0 saturated carbocycles. The fourth-order valence-electron chi connectivity index (χ4n) is 2.72. The van der Waals surface area contributed by atoms with Crippen LogP contribution in [0.4, 0.5) is 11.6 Å². The normalized spacial score (nSPS) is 15.0. The molecular weight excluding hydrogens is 324 g/mol. The van der Waals surface area contributed by atoms with Gasteiger partial charge in [0, 0.05) is 13.1 Å². The van der Waals surface area contributed by atoms with Gasteiger partial charge in [0.05, 0.1) is 4.90 Å². The molecule has 0 bridgehead atoms. The van der Waals surface area contributed by atoms with E-state index in [0.29, 0.717) is 5.92 Å². The highest BCUT2D eigenvalue weighted by atomic mass is 32.2. The van der Waals surface area contributed by atoms with Crippen LogP contribution in [0.2, 0.25) is 0 Å². The molecule has 0 atom stereocenters. The molecule has 24 heavy (non-hydrogen) atoms. The molecule has 1 aliphatic rings. The van der Waals surface area contributed by atoms with Crippen molar-refractivity contribution in [1.29, 1.82) is 0 Å². The van der Waals surface area contributed by atoms with Crippen LogP contribution in [-0.4, -0.2) is 31.7 Å². The van der Waals surface area contributed by atoms with Gasteiger partial charge in [0.25, 0.3) is 10.0 Å². The molecule has 2 heterocycles. The Bertz CT molecular complexity index is 780. The van der Waals surface area contributed by atoms with Gasteiger partial charge in [-0.05, 0) is 48.6 Å². The van der Waals surface area contributed by atoms with E-state index >= 15 is 0 Å². The molecule has 7 heteroatoms. The number of nitrogens with one attached hydrogen (secondary N) is 1. The van der Waals surface area contributed by atoms with Crippen molar-refractivity contribution in [1.82, 2.24) is 10.2 Å². The van der Waals surface area contributed by atoms with E-state index in [0.717, 1.165) is 37.3 Å². The number of nitrogens with zero attached hydrogens (tertiary/aromatic N) is 3. The molecule has 128 valence electrons. The highest BCUT2D eigenvalue weighted by Gasteiger charge is 2.17. The highest BCUT2D eigenvalue weighted by molar-refractivity contribution is 7.92. The lowest BCUT2D eigenvalue weighted by molar-refractivity contribution is 0.601. The van der Waals surface area contributed by atoms with Gasteiger partial charge in [0.2, 0.25) is 0 Å². The molecule has 3 rings (SSSR count). The van der Waals surface area contributed by atoms with E-state index in [1.54, 1.807) is 24.3 Å². The number of rotatable bonds is 5. The second-order valence-corrected chi connectivity index (χ2v) is 7.98. The second-order valence-electron chi connectivity index (χ2n) is 6.30. The molecule has 0 amide bonds. The van der Waals surface area contributed by atoms with Crippen LogP contribution in [0.3, 0.4) is 0 Å². The first-order chi connectivity index (χ1) is 11.5. The van der Waals surface area contributed by atoms with Gasteiger partial charge < -0.3 is 4.90 Å². The van der Waals surface area contributed by atoms with E-state index in [1.807, 2.05) is 12.1 Å². The molecule has 0 aliphatic carbocycles. The summed E-state index contributed by atoms with van der Waals surface area (Å²) in [4.78, 5) is 2.37. The quantitative estimate of drug-likeness (QED) is 0.901. The third-order valence-electron chi connectivity index (χ3n) is 4.18. The van der Waals surface area contributed by atoms with Crippen molar-refractivity contribution in [2.45, 2.75) is 37.5 Å². The Balaban J connectivity index is 1.73. The van der Waals surface area contributed by atoms with E-state index in [9.17, 15) is 8.42 Å². The summed E-state index contributed by atoms with van der Waals surface area (Å²) in [5.74, 6) is 1.38. The second kappa shape index (κ2) is 6.76. The van der Waals surface area contributed by atoms with Crippen molar-refractivity contribution < 1.29 is 8.42 Å². The van der Waals surface area contributed by atoms with Crippen molar-refractivity contribution in [3.8, 4) is 0 Å². The van der Waals surface area contributed by atoms with Gasteiger partial charge in [-0.15, -0.1) is 10.2 Å². The summed E-state index contributed by atoms with van der Waals surface area (Å²) < 4.78 is 27.4. The maximum atomic E-state index is 12.4. The summed E-state index contributed by atoms with van der Waals surface area (Å²) >= 11 is 0. The molecule has 2 aromatic rings. The third kappa shape index (κ3) is 3.67. The minimum atomic E-state index is -3.65. The minimum Gasteiger partial charge on any atom is -0.355 e. The van der Waals surface area contributed by atoms with E-state index < -0.39 is 10.0 Å². The predicted molar refractivity (Wildman–Crippen MR) is 94.8 cm³/mol. The topological polar surface area (TPSA) is 75.2 Å². The number of aromatic nitrogens is 2. The van der Waals surface area contributed by atoms with Crippen LogP contribution in [-0.2, 0) is 10.0 Å². The fourth-order valence-corrected chi connectivity index (χ4v) is 3.72. The van der Waals surface area contributed by atoms with E-state index in [-0.39, 0.29) is 10.7 Å². The fraction of sp³-hybridized carbons (Fsp3) is 0.412. The van der Waals surface area contributed by atoms with Crippen LogP contribution >= 0.6 is 0 Å². The smallest absolute Gasteiger partial charge is 0.263 e. The maximum Gasteiger partial charge on any atom is 0.263 e. The van der Waals surface area contributed by atoms with Crippen LogP contribution in [0, 0.1) is 0 Å². The van der Waals surface area contributed by atoms with Gasteiger partial charge in [-0.3, -0.25) is 4.72 Å². The van der Waals surface area contributed by atoms with Crippen LogP contribution in [0.1, 0.15) is 38.2 Å². The van der Waals surface area contributed by atoms with E-state index in [2.05, 4.69) is 33.7 Å². The van der Waals surface area contributed by atoms with Crippen molar-refractivity contribution in [2.75, 3.05) is 22.7 Å². The van der Waals surface area contributed by atoms with Gasteiger partial charge in [0.1, 0.15) is 0 Å². The van der Waals surface area contributed by atoms with Crippen LogP contribution < -0.4 is 9.62 Å². The largest absolute Gasteiger partial charge is 0.355 e. The van der Waals surface area contributed by atoms with Crippen LogP contribution in [0.5, 0.6) is 0 Å². The summed E-state index contributed by atoms with van der Waals surface area (Å²) in [5.41, 5.74) is 1.10. The maximum absolute atomic E-state index is 12.4. The Morgan fingerprint density at radius 3 is 2.21 bits per heavy atom. The Labute approximate surface area is 143 Å². The molecule has 1 aromatic heterocycles. The zero-order valence-corrected chi connectivity index (χ0v) is 14.8. The molecule has 1 saturated heterocycles. The summed E-state index contributed by atoms with van der Waals surface area (Å²) in [7, 11) is -3.65. The Morgan fingerprint density at radius 1 is 1.00 bits per heavy atom. The molecular formula is C17H22N4O2S. The summed E-state index contributed by atoms with van der Waals surface area (Å²) in [5, 5.41) is 8.12. The number of anilines is 2. The van der Waals surface area contributed by atoms with E-state index in [1.165, 1.54) is 0 Å². The van der Waals surface area contributed by atoms with Crippen molar-refractivity contribution in [2.24, 2.45) is 0 Å². The van der Waals surface area contributed by atoms with Gasteiger partial charge in [0.15, 0.2) is 11.6 Å². The molecule has 1 fully saturated rings. The Kier molecular flexibility index (Phi) is 4.71. The summed E-state index contributed by atoms with van der Waals surface area (Å²) in [6, 6.07) is 10.4. The number of hydrogen-bond donors (Lipinski definition) is 1. The first kappa shape index (κ1) is 16.7. The van der Waals surface area contributed by atoms with Crippen LogP contribution in [0.15, 0.2) is 41.3 Å². The van der Waals surface area contributed by atoms with Crippen LogP contribution in [0.25, 0.3) is 0 Å². The van der Waals surface area contributed by atoms with Gasteiger partial charge >= 0.3 is 0 Å². The summed E-state index contributed by atoms with van der Waals surface area (Å²) in [6.45, 7) is 6.09. The number of sulfonamides is 1. The lowest BCUT2D eigenvalue weighted by Gasteiger charge is -2.15. The predicted octanol–water partition coefficient (Wildman–Crippen LogP) is 3.00. The standard InChI is InChI=1S/C17H22N4O2S/c1-13(2)14-5-7-15(8-6-14)24(22,23)20-16-9-10-17(19-18-16)21-11-3-4-12-21/h5-10,13H,3-4,11-12H2,1-2H3,(H,18,20). The molecule has 1 aromatic carbocycles. The van der Waals surface area contributed by atoms with Gasteiger partial charge in [-0.25, -0.2) is 8.42 Å². The first-order valence-corrected chi connectivity index (χ1v) is 9.65. The zero-order valence-electron chi connectivity index (χ0n) is 13.9. The van der Waals surface area contributed by atoms with Gasteiger partial charge in [-0.1, -0.05) is 26.0 Å². The third-order valence-corrected chi connectivity index (χ3v) is 5.55. The monoisotopic (exact) mass is 346 g/mol. The number of hydrogen-bond acceptors (Lipinski definition) is 5. The molecule has 0 radical (unpaired) electrons. The zero-order chi connectivity index (χ0) is 17.2. The van der Waals surface area contributed by atoms with Crippen molar-refractivity contribution in [3.63, 3.8) is 0 Å². The lowest BCUT2D eigenvalue weighted by atomic mass is 10.0. The Hall–Kier alpha value is -2.15. The van der Waals surface area contributed by atoms with Crippen molar-refractivity contribution in [3.05, 3.63) is 42.0 Å². The summed E-state index contributed by atoms with van der Waals surface area (Å²) in [6.07, 6.45) is 2.31. The van der Waals surface area contributed by atoms with Crippen molar-refractivity contribution >= 4 is 21.7 Å².